The van der Waals surface area contributed by atoms with Crippen molar-refractivity contribution in [2.24, 2.45) is 5.92 Å². The Morgan fingerprint density at radius 1 is 1.27 bits per heavy atom. The lowest BCUT2D eigenvalue weighted by Gasteiger charge is -2.22. The molecule has 1 aliphatic carbocycles. The first kappa shape index (κ1) is 12.3. The molecule has 0 N–H and O–H groups in total. The normalized spacial score (nSPS) is 19.3. The van der Waals surface area contributed by atoms with Crippen molar-refractivity contribution >= 4 is 5.97 Å². The van der Waals surface area contributed by atoms with Gasteiger partial charge in [-0.05, 0) is 39.5 Å². The summed E-state index contributed by atoms with van der Waals surface area (Å²) in [7, 11) is 0. The van der Waals surface area contributed by atoms with Crippen LogP contribution in [0.2, 0.25) is 0 Å². The first-order chi connectivity index (χ1) is 7.09. The van der Waals surface area contributed by atoms with Gasteiger partial charge in [0, 0.05) is 6.08 Å². The van der Waals surface area contributed by atoms with Gasteiger partial charge in [0.1, 0.15) is 0 Å². The van der Waals surface area contributed by atoms with E-state index in [0.717, 1.165) is 0 Å². The quantitative estimate of drug-likeness (QED) is 0.526. The van der Waals surface area contributed by atoms with Crippen molar-refractivity contribution in [3.05, 3.63) is 11.6 Å². The topological polar surface area (TPSA) is 26.3 Å². The van der Waals surface area contributed by atoms with E-state index in [1.165, 1.54) is 37.7 Å². The van der Waals surface area contributed by atoms with Crippen molar-refractivity contribution in [1.29, 1.82) is 0 Å². The Kier molecular flexibility index (Phi) is 4.86. The highest BCUT2D eigenvalue weighted by atomic mass is 16.5. The fraction of sp³-hybridized carbons (Fsp3) is 0.769. The first-order valence-electron chi connectivity index (χ1n) is 5.98. The second-order valence-corrected chi connectivity index (χ2v) is 4.71. The third-order valence-corrected chi connectivity index (χ3v) is 2.95. The number of hydrogen-bond acceptors (Lipinski definition) is 2. The molecule has 1 saturated carbocycles. The first-order valence-corrected chi connectivity index (χ1v) is 5.98. The highest BCUT2D eigenvalue weighted by molar-refractivity contribution is 5.82. The van der Waals surface area contributed by atoms with Gasteiger partial charge < -0.3 is 4.74 Å². The molecule has 0 unspecified atom stereocenters. The molecule has 86 valence electrons. The molecule has 1 aliphatic rings. The summed E-state index contributed by atoms with van der Waals surface area (Å²) >= 11 is 0. The van der Waals surface area contributed by atoms with E-state index in [1.54, 1.807) is 6.08 Å². The highest BCUT2D eigenvalue weighted by Crippen LogP contribution is 2.29. The van der Waals surface area contributed by atoms with Crippen LogP contribution in [0, 0.1) is 5.92 Å². The number of carbonyl (C=O) groups is 1. The molecule has 0 aromatic heterocycles. The minimum absolute atomic E-state index is 0.0205. The summed E-state index contributed by atoms with van der Waals surface area (Å²) < 4.78 is 5.10. The van der Waals surface area contributed by atoms with Gasteiger partial charge >= 0.3 is 5.97 Å². The Morgan fingerprint density at radius 2 is 1.87 bits per heavy atom. The summed E-state index contributed by atoms with van der Waals surface area (Å²) in [6.07, 6.45) is 8.07. The van der Waals surface area contributed by atoms with Crippen molar-refractivity contribution in [2.75, 3.05) is 0 Å². The Balaban J connectivity index is 2.46. The summed E-state index contributed by atoms with van der Waals surface area (Å²) in [5, 5.41) is 0. The number of rotatable bonds is 3. The third-order valence-electron chi connectivity index (χ3n) is 2.95. The molecule has 0 spiro atoms. The molecule has 0 heterocycles. The molecule has 0 radical (unpaired) electrons. The Morgan fingerprint density at radius 3 is 2.40 bits per heavy atom. The number of ether oxygens (including phenoxy) is 1. The van der Waals surface area contributed by atoms with E-state index >= 15 is 0 Å². The van der Waals surface area contributed by atoms with Gasteiger partial charge in [0.2, 0.25) is 0 Å². The summed E-state index contributed by atoms with van der Waals surface area (Å²) in [6.45, 7) is 5.81. The van der Waals surface area contributed by atoms with E-state index in [2.05, 4.69) is 6.92 Å². The summed E-state index contributed by atoms with van der Waals surface area (Å²) in [5.74, 6) is 0.423. The van der Waals surface area contributed by atoms with Crippen molar-refractivity contribution in [1.82, 2.24) is 0 Å². The monoisotopic (exact) mass is 210 g/mol. The predicted molar refractivity (Wildman–Crippen MR) is 61.6 cm³/mol. The lowest BCUT2D eigenvalue weighted by atomic mass is 9.84. The molecule has 2 heteroatoms. The molecule has 1 fully saturated rings. The van der Waals surface area contributed by atoms with Crippen LogP contribution in [0.5, 0.6) is 0 Å². The highest BCUT2D eigenvalue weighted by Gasteiger charge is 2.16. The number of carbonyl (C=O) groups excluding carboxylic acids is 1. The molecule has 0 bridgehead atoms. The summed E-state index contributed by atoms with van der Waals surface area (Å²) in [6, 6.07) is 0. The van der Waals surface area contributed by atoms with Crippen LogP contribution in [-0.2, 0) is 9.53 Å². The van der Waals surface area contributed by atoms with Crippen LogP contribution in [0.4, 0.5) is 0 Å². The fourth-order valence-electron chi connectivity index (χ4n) is 2.13. The number of esters is 1. The SMILES string of the molecule is CC(=CC(=O)OC(C)C)C1CCCCC1. The van der Waals surface area contributed by atoms with Gasteiger partial charge in [-0.1, -0.05) is 24.8 Å². The lowest BCUT2D eigenvalue weighted by molar-refractivity contribution is -0.141. The zero-order valence-corrected chi connectivity index (χ0v) is 10.1. The number of hydrogen-bond donors (Lipinski definition) is 0. The fourth-order valence-corrected chi connectivity index (χ4v) is 2.13. The third kappa shape index (κ3) is 4.50. The predicted octanol–water partition coefficient (Wildman–Crippen LogP) is 3.46. The zero-order chi connectivity index (χ0) is 11.3. The molecular formula is C13H22O2. The van der Waals surface area contributed by atoms with Gasteiger partial charge in [-0.2, -0.15) is 0 Å². The zero-order valence-electron chi connectivity index (χ0n) is 10.1. The van der Waals surface area contributed by atoms with Crippen molar-refractivity contribution in [3.63, 3.8) is 0 Å². The Hall–Kier alpha value is -0.790. The molecule has 0 amide bonds. The maximum Gasteiger partial charge on any atom is 0.330 e. The van der Waals surface area contributed by atoms with Crippen LogP contribution in [0.25, 0.3) is 0 Å². The summed E-state index contributed by atoms with van der Waals surface area (Å²) in [4.78, 5) is 11.4. The van der Waals surface area contributed by atoms with Crippen LogP contribution in [0.3, 0.4) is 0 Å². The molecule has 15 heavy (non-hydrogen) atoms. The Bertz CT molecular complexity index is 235. The maximum atomic E-state index is 11.4. The lowest BCUT2D eigenvalue weighted by Crippen LogP contribution is -2.12. The average molecular weight is 210 g/mol. The van der Waals surface area contributed by atoms with E-state index in [0.29, 0.717) is 5.92 Å². The standard InChI is InChI=1S/C13H22O2/c1-10(2)15-13(14)9-11(3)12-7-5-4-6-8-12/h9-10,12H,4-8H2,1-3H3. The smallest absolute Gasteiger partial charge is 0.330 e. The molecule has 0 aromatic carbocycles. The molecule has 2 nitrogen and oxygen atoms in total. The maximum absolute atomic E-state index is 11.4. The molecule has 0 aromatic rings. The van der Waals surface area contributed by atoms with E-state index < -0.39 is 0 Å². The van der Waals surface area contributed by atoms with Gasteiger partial charge in [0.05, 0.1) is 6.10 Å². The second kappa shape index (κ2) is 5.94. The van der Waals surface area contributed by atoms with Gasteiger partial charge in [-0.25, -0.2) is 4.79 Å². The van der Waals surface area contributed by atoms with Gasteiger partial charge in [0.25, 0.3) is 0 Å². The molecule has 0 saturated heterocycles. The van der Waals surface area contributed by atoms with Crippen LogP contribution < -0.4 is 0 Å². The van der Waals surface area contributed by atoms with Crippen molar-refractivity contribution in [3.8, 4) is 0 Å². The van der Waals surface area contributed by atoms with Gasteiger partial charge in [-0.15, -0.1) is 0 Å². The van der Waals surface area contributed by atoms with Crippen LogP contribution in [-0.4, -0.2) is 12.1 Å². The molecule has 0 aliphatic heterocycles. The largest absolute Gasteiger partial charge is 0.460 e. The van der Waals surface area contributed by atoms with E-state index in [9.17, 15) is 4.79 Å². The van der Waals surface area contributed by atoms with Crippen LogP contribution in [0.15, 0.2) is 11.6 Å². The number of allylic oxidation sites excluding steroid dienone is 1. The van der Waals surface area contributed by atoms with Crippen molar-refractivity contribution in [2.45, 2.75) is 59.0 Å². The molecule has 0 atom stereocenters. The van der Waals surface area contributed by atoms with Crippen LogP contribution in [0.1, 0.15) is 52.9 Å². The van der Waals surface area contributed by atoms with E-state index in [-0.39, 0.29) is 12.1 Å². The Labute approximate surface area is 92.7 Å². The van der Waals surface area contributed by atoms with Crippen molar-refractivity contribution < 1.29 is 9.53 Å². The van der Waals surface area contributed by atoms with E-state index in [1.807, 2.05) is 13.8 Å². The van der Waals surface area contributed by atoms with Gasteiger partial charge in [0.15, 0.2) is 0 Å². The van der Waals surface area contributed by atoms with E-state index in [4.69, 9.17) is 4.74 Å². The summed E-state index contributed by atoms with van der Waals surface area (Å²) in [5.41, 5.74) is 1.19. The average Bonchev–Trinajstić information content (AvgIpc) is 2.17. The molecule has 1 rings (SSSR count). The second-order valence-electron chi connectivity index (χ2n) is 4.71. The van der Waals surface area contributed by atoms with Gasteiger partial charge in [-0.3, -0.25) is 0 Å². The van der Waals surface area contributed by atoms with Crippen LogP contribution >= 0.6 is 0 Å². The minimum Gasteiger partial charge on any atom is -0.460 e. The minimum atomic E-state index is -0.187. The molecular weight excluding hydrogens is 188 g/mol.